The second kappa shape index (κ2) is 6.85. The zero-order valence-corrected chi connectivity index (χ0v) is 13.3. The minimum Gasteiger partial charge on any atom is -0.469 e. The van der Waals surface area contributed by atoms with Crippen molar-refractivity contribution in [3.05, 3.63) is 36.7 Å². The van der Waals surface area contributed by atoms with Gasteiger partial charge in [0, 0.05) is 43.2 Å². The number of hydrogen-bond donors (Lipinski definition) is 0. The normalized spacial score (nSPS) is 11.8. The molecule has 2 rings (SSSR count). The molecule has 0 bridgehead atoms. The van der Waals surface area contributed by atoms with Crippen molar-refractivity contribution >= 4 is 26.8 Å². The summed E-state index contributed by atoms with van der Waals surface area (Å²) in [5, 5.41) is 1.41. The molecule has 22 heavy (non-hydrogen) atoms. The maximum Gasteiger partial charge on any atom is 0.305 e. The number of carbonyl (C=O) groups excluding carboxylic acids is 1. The average Bonchev–Trinajstić information content (AvgIpc) is 2.53. The Morgan fingerprint density at radius 2 is 2.09 bits per heavy atom. The van der Waals surface area contributed by atoms with E-state index in [1.54, 1.807) is 30.6 Å². The maximum atomic E-state index is 12.7. The van der Waals surface area contributed by atoms with Crippen LogP contribution in [0.4, 0.5) is 0 Å². The summed E-state index contributed by atoms with van der Waals surface area (Å²) in [6.45, 7) is 0.249. The first-order chi connectivity index (χ1) is 10.5. The van der Waals surface area contributed by atoms with Crippen LogP contribution in [-0.2, 0) is 19.6 Å². The van der Waals surface area contributed by atoms with Crippen LogP contribution in [0.3, 0.4) is 0 Å². The fourth-order valence-corrected chi connectivity index (χ4v) is 3.57. The zero-order valence-electron chi connectivity index (χ0n) is 12.5. The summed E-state index contributed by atoms with van der Waals surface area (Å²) < 4.78 is 31.2. The zero-order chi connectivity index (χ0) is 16.2. The van der Waals surface area contributed by atoms with E-state index < -0.39 is 10.0 Å². The summed E-state index contributed by atoms with van der Waals surface area (Å²) in [7, 11) is -0.798. The Bertz CT molecular complexity index is 769. The number of pyridine rings is 1. The van der Waals surface area contributed by atoms with Crippen molar-refractivity contribution in [2.45, 2.75) is 17.7 Å². The summed E-state index contributed by atoms with van der Waals surface area (Å²) in [6, 6.07) is 6.77. The number of rotatable bonds is 6. The molecule has 2 aromatic rings. The molecule has 118 valence electrons. The van der Waals surface area contributed by atoms with Crippen molar-refractivity contribution in [2.24, 2.45) is 0 Å². The number of fused-ring (bicyclic) bond motifs is 1. The van der Waals surface area contributed by atoms with E-state index in [4.69, 9.17) is 0 Å². The number of aromatic nitrogens is 1. The Balaban J connectivity index is 2.23. The van der Waals surface area contributed by atoms with Gasteiger partial charge in [-0.15, -0.1) is 0 Å². The molecule has 7 heteroatoms. The lowest BCUT2D eigenvalue weighted by atomic mass is 10.2. The van der Waals surface area contributed by atoms with Gasteiger partial charge in [0.05, 0.1) is 12.0 Å². The van der Waals surface area contributed by atoms with Gasteiger partial charge in [-0.05, 0) is 18.6 Å². The van der Waals surface area contributed by atoms with Gasteiger partial charge in [-0.2, -0.15) is 0 Å². The third-order valence-electron chi connectivity index (χ3n) is 3.41. The van der Waals surface area contributed by atoms with Crippen LogP contribution >= 0.6 is 0 Å². The number of hydrogen-bond acceptors (Lipinski definition) is 5. The molecular weight excluding hydrogens is 304 g/mol. The van der Waals surface area contributed by atoms with Crippen molar-refractivity contribution in [1.82, 2.24) is 9.29 Å². The first-order valence-corrected chi connectivity index (χ1v) is 8.26. The molecule has 6 nitrogen and oxygen atoms in total. The third-order valence-corrected chi connectivity index (χ3v) is 5.33. The van der Waals surface area contributed by atoms with E-state index in [1.807, 2.05) is 6.07 Å². The molecular formula is C15H18N2O4S. The largest absolute Gasteiger partial charge is 0.469 e. The fraction of sp³-hybridized carbons (Fsp3) is 0.333. The number of esters is 1. The third kappa shape index (κ3) is 3.42. The Hall–Kier alpha value is -1.99. The number of methoxy groups -OCH3 is 1. The van der Waals surface area contributed by atoms with Gasteiger partial charge in [0.1, 0.15) is 0 Å². The number of carbonyl (C=O) groups is 1. The van der Waals surface area contributed by atoms with Crippen molar-refractivity contribution < 1.29 is 17.9 Å². The second-order valence-corrected chi connectivity index (χ2v) is 6.87. The van der Waals surface area contributed by atoms with Crippen LogP contribution in [0.25, 0.3) is 10.8 Å². The van der Waals surface area contributed by atoms with Gasteiger partial charge in [-0.25, -0.2) is 12.7 Å². The van der Waals surface area contributed by atoms with Crippen LogP contribution in [0.1, 0.15) is 12.8 Å². The number of sulfonamides is 1. The minimum absolute atomic E-state index is 0.190. The SMILES string of the molecule is COC(=O)CCCN(C)S(=O)(=O)c1cccc2cnccc12. The lowest BCUT2D eigenvalue weighted by Crippen LogP contribution is -2.28. The van der Waals surface area contributed by atoms with Crippen LogP contribution in [0.15, 0.2) is 41.6 Å². The van der Waals surface area contributed by atoms with Crippen LogP contribution in [0.2, 0.25) is 0 Å². The molecule has 0 unspecified atom stereocenters. The maximum absolute atomic E-state index is 12.7. The van der Waals surface area contributed by atoms with E-state index in [1.165, 1.54) is 18.5 Å². The number of ether oxygens (including phenoxy) is 1. The molecule has 0 spiro atoms. The van der Waals surface area contributed by atoms with Crippen LogP contribution in [-0.4, -0.2) is 44.4 Å². The first-order valence-electron chi connectivity index (χ1n) is 6.82. The molecule has 0 N–H and O–H groups in total. The summed E-state index contributed by atoms with van der Waals surface area (Å²) in [6.07, 6.45) is 3.80. The van der Waals surface area contributed by atoms with Crippen LogP contribution < -0.4 is 0 Å². The molecule has 0 saturated carbocycles. The highest BCUT2D eigenvalue weighted by Gasteiger charge is 2.22. The van der Waals surface area contributed by atoms with Gasteiger partial charge in [0.25, 0.3) is 0 Å². The average molecular weight is 322 g/mol. The lowest BCUT2D eigenvalue weighted by Gasteiger charge is -2.18. The highest BCUT2D eigenvalue weighted by molar-refractivity contribution is 7.89. The van der Waals surface area contributed by atoms with Crippen molar-refractivity contribution in [3.63, 3.8) is 0 Å². The molecule has 1 heterocycles. The fourth-order valence-electron chi connectivity index (χ4n) is 2.15. The summed E-state index contributed by atoms with van der Waals surface area (Å²) in [5.41, 5.74) is 0. The van der Waals surface area contributed by atoms with Gasteiger partial charge in [-0.3, -0.25) is 9.78 Å². The molecule has 0 aliphatic rings. The predicted octanol–water partition coefficient (Wildman–Crippen LogP) is 1.81. The van der Waals surface area contributed by atoms with E-state index >= 15 is 0 Å². The van der Waals surface area contributed by atoms with Gasteiger partial charge < -0.3 is 4.74 Å². The first kappa shape index (κ1) is 16.4. The van der Waals surface area contributed by atoms with E-state index in [-0.39, 0.29) is 23.8 Å². The van der Waals surface area contributed by atoms with Gasteiger partial charge >= 0.3 is 5.97 Å². The Morgan fingerprint density at radius 3 is 2.82 bits per heavy atom. The Morgan fingerprint density at radius 1 is 1.32 bits per heavy atom. The molecule has 0 amide bonds. The molecule has 0 atom stereocenters. The monoisotopic (exact) mass is 322 g/mol. The second-order valence-electron chi connectivity index (χ2n) is 4.86. The highest BCUT2D eigenvalue weighted by atomic mass is 32.2. The minimum atomic E-state index is -3.62. The standard InChI is InChI=1S/C15H18N2O4S/c1-17(10-4-7-15(18)21-2)22(19,20)14-6-3-5-12-11-16-9-8-13(12)14/h3,5-6,8-9,11H,4,7,10H2,1-2H3. The smallest absolute Gasteiger partial charge is 0.305 e. The van der Waals surface area contributed by atoms with E-state index in [9.17, 15) is 13.2 Å². The van der Waals surface area contributed by atoms with Gasteiger partial charge in [0.2, 0.25) is 10.0 Å². The topological polar surface area (TPSA) is 76.6 Å². The molecule has 0 saturated heterocycles. The molecule has 0 fully saturated rings. The molecule has 0 radical (unpaired) electrons. The highest BCUT2D eigenvalue weighted by Crippen LogP contribution is 2.24. The predicted molar refractivity (Wildman–Crippen MR) is 82.8 cm³/mol. The van der Waals surface area contributed by atoms with E-state index in [0.717, 1.165) is 5.39 Å². The summed E-state index contributed by atoms with van der Waals surface area (Å²) in [4.78, 5) is 15.3. The van der Waals surface area contributed by atoms with Gasteiger partial charge in [0.15, 0.2) is 0 Å². The molecule has 0 aliphatic heterocycles. The van der Waals surface area contributed by atoms with Gasteiger partial charge in [-0.1, -0.05) is 12.1 Å². The Labute approximate surface area is 129 Å². The van der Waals surface area contributed by atoms with Crippen molar-refractivity contribution in [2.75, 3.05) is 20.7 Å². The van der Waals surface area contributed by atoms with E-state index in [2.05, 4.69) is 9.72 Å². The molecule has 1 aromatic heterocycles. The Kier molecular flexibility index (Phi) is 5.10. The van der Waals surface area contributed by atoms with Crippen molar-refractivity contribution in [3.8, 4) is 0 Å². The van der Waals surface area contributed by atoms with Crippen LogP contribution in [0, 0.1) is 0 Å². The number of nitrogens with zero attached hydrogens (tertiary/aromatic N) is 2. The van der Waals surface area contributed by atoms with Crippen LogP contribution in [0.5, 0.6) is 0 Å². The van der Waals surface area contributed by atoms with Crippen molar-refractivity contribution in [1.29, 1.82) is 0 Å². The quantitative estimate of drug-likeness (QED) is 0.758. The number of benzene rings is 1. The lowest BCUT2D eigenvalue weighted by molar-refractivity contribution is -0.140. The molecule has 1 aromatic carbocycles. The van der Waals surface area contributed by atoms with E-state index in [0.29, 0.717) is 11.8 Å². The summed E-state index contributed by atoms with van der Waals surface area (Å²) >= 11 is 0. The molecule has 0 aliphatic carbocycles. The summed E-state index contributed by atoms with van der Waals surface area (Å²) in [5.74, 6) is -0.345.